The van der Waals surface area contributed by atoms with Crippen LogP contribution in [0.5, 0.6) is 0 Å². The summed E-state index contributed by atoms with van der Waals surface area (Å²) in [6.07, 6.45) is 0.879. The van der Waals surface area contributed by atoms with Gasteiger partial charge < -0.3 is 19.9 Å². The number of benzene rings is 1. The molecule has 1 N–H and O–H groups in total. The number of amides is 1. The van der Waals surface area contributed by atoms with E-state index in [2.05, 4.69) is 10.2 Å². The third kappa shape index (κ3) is 4.92. The first-order chi connectivity index (χ1) is 11.5. The lowest BCUT2D eigenvalue weighted by molar-refractivity contribution is -0.128. The van der Waals surface area contributed by atoms with Crippen LogP contribution in [0.1, 0.15) is 30.6 Å². The van der Waals surface area contributed by atoms with Gasteiger partial charge in [-0.1, -0.05) is 6.07 Å². The highest BCUT2D eigenvalue weighted by Gasteiger charge is 2.18. The second kappa shape index (κ2) is 8.63. The van der Waals surface area contributed by atoms with Gasteiger partial charge in [-0.05, 0) is 43.8 Å². The zero-order valence-electron chi connectivity index (χ0n) is 14.1. The van der Waals surface area contributed by atoms with Gasteiger partial charge in [-0.15, -0.1) is 0 Å². The standard InChI is InChI=1S/C17H23N3O3S/c1-3-23-16(22)14-6-4-7-15(12-14)18-17(24)20-9-5-8-19(10-11-20)13(2)21/h4,6-7,12H,3,5,8-11H2,1-2H3,(H,18,24). The van der Waals surface area contributed by atoms with Gasteiger partial charge in [0.25, 0.3) is 0 Å². The van der Waals surface area contributed by atoms with Crippen LogP contribution in [-0.2, 0) is 9.53 Å². The van der Waals surface area contributed by atoms with E-state index in [1.54, 1.807) is 32.0 Å². The molecule has 1 aromatic rings. The number of thiocarbonyl (C=S) groups is 1. The van der Waals surface area contributed by atoms with Crippen molar-refractivity contribution in [3.05, 3.63) is 29.8 Å². The zero-order valence-corrected chi connectivity index (χ0v) is 14.9. The summed E-state index contributed by atoms with van der Waals surface area (Å²) < 4.78 is 5.01. The first-order valence-corrected chi connectivity index (χ1v) is 8.50. The van der Waals surface area contributed by atoms with E-state index in [1.165, 1.54) is 0 Å². The molecule has 1 aliphatic heterocycles. The molecule has 2 rings (SSSR count). The Bertz CT molecular complexity index is 621. The lowest BCUT2D eigenvalue weighted by Crippen LogP contribution is -2.38. The minimum Gasteiger partial charge on any atom is -0.462 e. The third-order valence-electron chi connectivity index (χ3n) is 3.85. The van der Waals surface area contributed by atoms with E-state index in [9.17, 15) is 9.59 Å². The predicted molar refractivity (Wildman–Crippen MR) is 97.1 cm³/mol. The topological polar surface area (TPSA) is 61.9 Å². The lowest BCUT2D eigenvalue weighted by Gasteiger charge is -2.24. The molecule has 1 fully saturated rings. The van der Waals surface area contributed by atoms with Gasteiger partial charge in [0.15, 0.2) is 5.11 Å². The van der Waals surface area contributed by atoms with Crippen LogP contribution in [0.25, 0.3) is 0 Å². The third-order valence-corrected chi connectivity index (χ3v) is 4.21. The van der Waals surface area contributed by atoms with Crippen molar-refractivity contribution in [1.82, 2.24) is 9.80 Å². The van der Waals surface area contributed by atoms with E-state index < -0.39 is 0 Å². The Kier molecular flexibility index (Phi) is 6.54. The molecule has 1 amide bonds. The number of esters is 1. The molecule has 0 aromatic heterocycles. The average Bonchev–Trinajstić information content (AvgIpc) is 2.81. The number of hydrogen-bond donors (Lipinski definition) is 1. The molecule has 0 saturated carbocycles. The van der Waals surface area contributed by atoms with Gasteiger partial charge in [-0.25, -0.2) is 4.79 Å². The second-order valence-corrected chi connectivity index (χ2v) is 5.96. The van der Waals surface area contributed by atoms with Gasteiger partial charge in [0, 0.05) is 38.8 Å². The van der Waals surface area contributed by atoms with Crippen molar-refractivity contribution < 1.29 is 14.3 Å². The molecule has 6 nitrogen and oxygen atoms in total. The molecule has 0 unspecified atom stereocenters. The Balaban J connectivity index is 1.98. The number of carbonyl (C=O) groups is 2. The normalized spacial score (nSPS) is 14.8. The summed E-state index contributed by atoms with van der Waals surface area (Å²) >= 11 is 5.48. The number of nitrogens with one attached hydrogen (secondary N) is 1. The monoisotopic (exact) mass is 349 g/mol. The van der Waals surface area contributed by atoms with Crippen molar-refractivity contribution in [1.29, 1.82) is 0 Å². The Morgan fingerprint density at radius 1 is 1.21 bits per heavy atom. The van der Waals surface area contributed by atoms with Crippen LogP contribution in [0.15, 0.2) is 24.3 Å². The highest BCUT2D eigenvalue weighted by Crippen LogP contribution is 2.14. The van der Waals surface area contributed by atoms with Gasteiger partial charge in [-0.2, -0.15) is 0 Å². The van der Waals surface area contributed by atoms with Crippen molar-refractivity contribution in [2.24, 2.45) is 0 Å². The molecule has 0 radical (unpaired) electrons. The average molecular weight is 349 g/mol. The highest BCUT2D eigenvalue weighted by molar-refractivity contribution is 7.80. The molecule has 1 heterocycles. The number of ether oxygens (including phenoxy) is 1. The zero-order chi connectivity index (χ0) is 17.5. The van der Waals surface area contributed by atoms with Gasteiger partial charge in [-0.3, -0.25) is 4.79 Å². The summed E-state index contributed by atoms with van der Waals surface area (Å²) in [7, 11) is 0. The van der Waals surface area contributed by atoms with Gasteiger partial charge in [0.2, 0.25) is 5.91 Å². The maximum Gasteiger partial charge on any atom is 0.338 e. The molecule has 1 aromatic carbocycles. The summed E-state index contributed by atoms with van der Waals surface area (Å²) in [6.45, 7) is 6.63. The summed E-state index contributed by atoms with van der Waals surface area (Å²) in [6, 6.07) is 7.08. The number of carbonyl (C=O) groups excluding carboxylic acids is 2. The van der Waals surface area contributed by atoms with Crippen LogP contribution >= 0.6 is 12.2 Å². The van der Waals surface area contributed by atoms with Crippen LogP contribution in [0.4, 0.5) is 5.69 Å². The molecular formula is C17H23N3O3S. The molecule has 24 heavy (non-hydrogen) atoms. The minimum absolute atomic E-state index is 0.0952. The maximum absolute atomic E-state index is 11.8. The van der Waals surface area contributed by atoms with Crippen LogP contribution < -0.4 is 5.32 Å². The molecule has 0 atom stereocenters. The van der Waals surface area contributed by atoms with E-state index in [-0.39, 0.29) is 11.9 Å². The van der Waals surface area contributed by atoms with E-state index in [4.69, 9.17) is 17.0 Å². The van der Waals surface area contributed by atoms with Crippen LogP contribution in [0, 0.1) is 0 Å². The second-order valence-electron chi connectivity index (χ2n) is 5.58. The molecule has 130 valence electrons. The Morgan fingerprint density at radius 3 is 2.62 bits per heavy atom. The first kappa shape index (κ1) is 18.2. The molecule has 1 aliphatic rings. The van der Waals surface area contributed by atoms with Gasteiger partial charge >= 0.3 is 5.97 Å². The van der Waals surface area contributed by atoms with E-state index in [0.717, 1.165) is 25.2 Å². The summed E-state index contributed by atoms with van der Waals surface area (Å²) in [5, 5.41) is 3.77. The number of anilines is 1. The predicted octanol–water partition coefficient (Wildman–Crippen LogP) is 2.11. The van der Waals surface area contributed by atoms with Crippen LogP contribution in [0.3, 0.4) is 0 Å². The molecule has 0 spiro atoms. The van der Waals surface area contributed by atoms with Crippen molar-refractivity contribution in [3.8, 4) is 0 Å². The molecule has 0 aliphatic carbocycles. The molecule has 1 saturated heterocycles. The SMILES string of the molecule is CCOC(=O)c1cccc(NC(=S)N2CCCN(C(C)=O)CC2)c1. The highest BCUT2D eigenvalue weighted by atomic mass is 32.1. The summed E-state index contributed by atoms with van der Waals surface area (Å²) in [5.74, 6) is -0.253. The van der Waals surface area contributed by atoms with E-state index in [0.29, 0.717) is 30.4 Å². The van der Waals surface area contributed by atoms with Crippen molar-refractivity contribution in [3.63, 3.8) is 0 Å². The largest absolute Gasteiger partial charge is 0.462 e. The quantitative estimate of drug-likeness (QED) is 0.666. The fraction of sp³-hybridized carbons (Fsp3) is 0.471. The van der Waals surface area contributed by atoms with Crippen molar-refractivity contribution in [2.45, 2.75) is 20.3 Å². The lowest BCUT2D eigenvalue weighted by atomic mass is 10.2. The van der Waals surface area contributed by atoms with E-state index >= 15 is 0 Å². The maximum atomic E-state index is 11.8. The fourth-order valence-electron chi connectivity index (χ4n) is 2.58. The number of nitrogens with zero attached hydrogens (tertiary/aromatic N) is 2. The number of hydrogen-bond acceptors (Lipinski definition) is 4. The van der Waals surface area contributed by atoms with E-state index in [1.807, 2.05) is 11.0 Å². The Morgan fingerprint density at radius 2 is 1.92 bits per heavy atom. The first-order valence-electron chi connectivity index (χ1n) is 8.10. The summed E-state index contributed by atoms with van der Waals surface area (Å²) in [4.78, 5) is 27.2. The number of rotatable bonds is 3. The summed E-state index contributed by atoms with van der Waals surface area (Å²) in [5.41, 5.74) is 1.24. The Labute approximate surface area is 147 Å². The van der Waals surface area contributed by atoms with Gasteiger partial charge in [0.05, 0.1) is 12.2 Å². The molecular weight excluding hydrogens is 326 g/mol. The van der Waals surface area contributed by atoms with Gasteiger partial charge in [0.1, 0.15) is 0 Å². The fourth-order valence-corrected chi connectivity index (χ4v) is 2.88. The Hall–Kier alpha value is -2.15. The molecule has 7 heteroatoms. The van der Waals surface area contributed by atoms with Crippen molar-refractivity contribution >= 4 is 34.9 Å². The van der Waals surface area contributed by atoms with Crippen LogP contribution in [-0.4, -0.2) is 59.6 Å². The molecule has 0 bridgehead atoms. The van der Waals surface area contributed by atoms with Crippen LogP contribution in [0.2, 0.25) is 0 Å². The smallest absolute Gasteiger partial charge is 0.338 e. The minimum atomic E-state index is -0.348. The van der Waals surface area contributed by atoms with Crippen molar-refractivity contribution in [2.75, 3.05) is 38.1 Å².